The van der Waals surface area contributed by atoms with Crippen molar-refractivity contribution in [1.29, 1.82) is 0 Å². The molecule has 0 saturated heterocycles. The number of halogens is 3. The largest absolute Gasteiger partial charge is 0.416 e. The van der Waals surface area contributed by atoms with Crippen LogP contribution in [0.2, 0.25) is 0 Å². The Kier molecular flexibility index (Phi) is 3.75. The number of imide groups is 1. The summed E-state index contributed by atoms with van der Waals surface area (Å²) in [4.78, 5) is 25.7. The lowest BCUT2D eigenvalue weighted by Gasteiger charge is -2.14. The predicted octanol–water partition coefficient (Wildman–Crippen LogP) is 4.36. The van der Waals surface area contributed by atoms with Crippen LogP contribution in [-0.2, 0) is 6.18 Å². The van der Waals surface area contributed by atoms with E-state index in [0.717, 1.165) is 17.0 Å². The molecule has 24 heavy (non-hydrogen) atoms. The molecule has 2 aromatic carbocycles. The van der Waals surface area contributed by atoms with Crippen molar-refractivity contribution < 1.29 is 22.8 Å². The molecule has 2 amide bonds. The summed E-state index contributed by atoms with van der Waals surface area (Å²) in [6, 6.07) is 11.0. The van der Waals surface area contributed by atoms with Crippen molar-refractivity contribution in [3.63, 3.8) is 0 Å². The molecule has 0 radical (unpaired) electrons. The zero-order valence-electron chi connectivity index (χ0n) is 12.6. The summed E-state index contributed by atoms with van der Waals surface area (Å²) in [5.41, 5.74) is 0.710. The van der Waals surface area contributed by atoms with Crippen LogP contribution >= 0.6 is 0 Å². The molecule has 1 heterocycles. The fraction of sp³-hybridized carbons (Fsp3) is 0.111. The van der Waals surface area contributed by atoms with Crippen LogP contribution in [0.4, 0.5) is 13.2 Å². The van der Waals surface area contributed by atoms with Crippen molar-refractivity contribution in [3.05, 3.63) is 76.5 Å². The van der Waals surface area contributed by atoms with Crippen LogP contribution in [0, 0.1) is 0 Å². The monoisotopic (exact) mass is 331 g/mol. The van der Waals surface area contributed by atoms with Gasteiger partial charge in [-0.1, -0.05) is 24.3 Å². The van der Waals surface area contributed by atoms with Crippen molar-refractivity contribution in [2.75, 3.05) is 0 Å². The van der Waals surface area contributed by atoms with E-state index in [9.17, 15) is 22.8 Å². The standard InChI is InChI=1S/C18H12F3NO2/c1-11(10-12-6-8-13(9-7-12)18(19,20)21)22-16(23)14-4-2-3-5-15(14)17(22)24/h2-10H,1H3. The molecule has 1 aliphatic rings. The lowest BCUT2D eigenvalue weighted by atomic mass is 10.1. The van der Waals surface area contributed by atoms with E-state index < -0.39 is 23.6 Å². The van der Waals surface area contributed by atoms with E-state index in [-0.39, 0.29) is 0 Å². The highest BCUT2D eigenvalue weighted by Crippen LogP contribution is 2.30. The number of fused-ring (bicyclic) bond motifs is 1. The average Bonchev–Trinajstić information content (AvgIpc) is 2.79. The molecule has 0 atom stereocenters. The maximum atomic E-state index is 12.6. The Morgan fingerprint density at radius 3 is 1.88 bits per heavy atom. The van der Waals surface area contributed by atoms with Crippen LogP contribution in [0.5, 0.6) is 0 Å². The second-order valence-corrected chi connectivity index (χ2v) is 5.40. The molecule has 2 aromatic rings. The van der Waals surface area contributed by atoms with Crippen LogP contribution < -0.4 is 0 Å². The van der Waals surface area contributed by atoms with E-state index in [1.807, 2.05) is 0 Å². The Morgan fingerprint density at radius 2 is 1.42 bits per heavy atom. The number of alkyl halides is 3. The molecule has 122 valence electrons. The minimum Gasteiger partial charge on any atom is -0.268 e. The Balaban J connectivity index is 1.90. The number of rotatable bonds is 2. The molecule has 0 saturated carbocycles. The van der Waals surface area contributed by atoms with Gasteiger partial charge in [0.05, 0.1) is 16.7 Å². The first-order valence-electron chi connectivity index (χ1n) is 7.12. The highest BCUT2D eigenvalue weighted by molar-refractivity contribution is 6.22. The third-order valence-corrected chi connectivity index (χ3v) is 3.76. The molecule has 0 unspecified atom stereocenters. The van der Waals surface area contributed by atoms with E-state index in [2.05, 4.69) is 0 Å². The van der Waals surface area contributed by atoms with Crippen LogP contribution in [-0.4, -0.2) is 16.7 Å². The Morgan fingerprint density at radius 1 is 0.917 bits per heavy atom. The quantitative estimate of drug-likeness (QED) is 0.767. The molecular formula is C18H12F3NO2. The third-order valence-electron chi connectivity index (χ3n) is 3.76. The SMILES string of the molecule is CC(=Cc1ccc(C(F)(F)F)cc1)N1C(=O)c2ccccc2C1=O. The molecule has 0 bridgehead atoms. The van der Waals surface area contributed by atoms with Gasteiger partial charge in [0.25, 0.3) is 11.8 Å². The molecular weight excluding hydrogens is 319 g/mol. The van der Waals surface area contributed by atoms with Gasteiger partial charge in [-0.2, -0.15) is 13.2 Å². The Labute approximate surface area is 136 Å². The van der Waals surface area contributed by atoms with E-state index in [1.54, 1.807) is 31.2 Å². The number of allylic oxidation sites excluding steroid dienone is 1. The minimum atomic E-state index is -4.40. The first-order chi connectivity index (χ1) is 11.3. The number of hydrogen-bond acceptors (Lipinski definition) is 2. The summed E-state index contributed by atoms with van der Waals surface area (Å²) in [5, 5.41) is 0. The number of hydrogen-bond donors (Lipinski definition) is 0. The van der Waals surface area contributed by atoms with Gasteiger partial charge in [0, 0.05) is 5.70 Å². The van der Waals surface area contributed by atoms with Gasteiger partial charge in [-0.25, -0.2) is 4.90 Å². The molecule has 3 nitrogen and oxygen atoms in total. The van der Waals surface area contributed by atoms with Gasteiger partial charge in [-0.15, -0.1) is 0 Å². The van der Waals surface area contributed by atoms with Crippen molar-refractivity contribution >= 4 is 17.9 Å². The molecule has 6 heteroatoms. The van der Waals surface area contributed by atoms with Crippen LogP contribution in [0.1, 0.15) is 38.8 Å². The minimum absolute atomic E-state index is 0.322. The van der Waals surface area contributed by atoms with E-state index in [0.29, 0.717) is 22.4 Å². The lowest BCUT2D eigenvalue weighted by molar-refractivity contribution is -0.137. The normalized spacial score (nSPS) is 15.0. The van der Waals surface area contributed by atoms with Crippen molar-refractivity contribution in [2.24, 2.45) is 0 Å². The maximum absolute atomic E-state index is 12.6. The van der Waals surface area contributed by atoms with Gasteiger partial charge in [0.1, 0.15) is 0 Å². The number of carbonyl (C=O) groups excluding carboxylic acids is 2. The molecule has 1 aliphatic heterocycles. The van der Waals surface area contributed by atoms with Crippen LogP contribution in [0.3, 0.4) is 0 Å². The molecule has 0 aromatic heterocycles. The summed E-state index contributed by atoms with van der Waals surface area (Å²) in [5.74, 6) is -0.868. The van der Waals surface area contributed by atoms with E-state index >= 15 is 0 Å². The first-order valence-corrected chi connectivity index (χ1v) is 7.12. The van der Waals surface area contributed by atoms with Gasteiger partial charge in [0.15, 0.2) is 0 Å². The second-order valence-electron chi connectivity index (χ2n) is 5.40. The molecule has 3 rings (SSSR count). The zero-order chi connectivity index (χ0) is 17.5. The Bertz CT molecular complexity index is 816. The van der Waals surface area contributed by atoms with Crippen LogP contribution in [0.25, 0.3) is 6.08 Å². The summed E-state index contributed by atoms with van der Waals surface area (Å²) >= 11 is 0. The van der Waals surface area contributed by atoms with E-state index in [4.69, 9.17) is 0 Å². The van der Waals surface area contributed by atoms with Gasteiger partial charge >= 0.3 is 6.18 Å². The number of nitrogens with zero attached hydrogens (tertiary/aromatic N) is 1. The topological polar surface area (TPSA) is 37.4 Å². The number of amides is 2. The maximum Gasteiger partial charge on any atom is 0.416 e. The summed E-state index contributed by atoms with van der Waals surface area (Å²) < 4.78 is 37.7. The summed E-state index contributed by atoms with van der Waals surface area (Å²) in [6.45, 7) is 1.57. The molecule has 0 fully saturated rings. The van der Waals surface area contributed by atoms with Crippen molar-refractivity contribution in [1.82, 2.24) is 4.90 Å². The van der Waals surface area contributed by atoms with Crippen molar-refractivity contribution in [3.8, 4) is 0 Å². The van der Waals surface area contributed by atoms with Gasteiger partial charge < -0.3 is 0 Å². The highest BCUT2D eigenvalue weighted by atomic mass is 19.4. The Hall–Kier alpha value is -2.89. The summed E-state index contributed by atoms with van der Waals surface area (Å²) in [7, 11) is 0. The van der Waals surface area contributed by atoms with Crippen LogP contribution in [0.15, 0.2) is 54.2 Å². The van der Waals surface area contributed by atoms with Gasteiger partial charge in [0.2, 0.25) is 0 Å². The predicted molar refractivity (Wildman–Crippen MR) is 82.0 cm³/mol. The fourth-order valence-electron chi connectivity index (χ4n) is 2.58. The average molecular weight is 331 g/mol. The van der Waals surface area contributed by atoms with Crippen molar-refractivity contribution in [2.45, 2.75) is 13.1 Å². The number of carbonyl (C=O) groups is 2. The molecule has 0 aliphatic carbocycles. The zero-order valence-corrected chi connectivity index (χ0v) is 12.6. The van der Waals surface area contributed by atoms with Gasteiger partial charge in [-0.3, -0.25) is 9.59 Å². The first kappa shape index (κ1) is 16.0. The van der Waals surface area contributed by atoms with Gasteiger partial charge in [-0.05, 0) is 42.8 Å². The lowest BCUT2D eigenvalue weighted by Crippen LogP contribution is -2.27. The third kappa shape index (κ3) is 2.71. The second kappa shape index (κ2) is 5.63. The summed E-state index contributed by atoms with van der Waals surface area (Å²) in [6.07, 6.45) is -2.90. The van der Waals surface area contributed by atoms with E-state index in [1.165, 1.54) is 18.2 Å². The molecule has 0 N–H and O–H groups in total. The smallest absolute Gasteiger partial charge is 0.268 e. The highest BCUT2D eigenvalue weighted by Gasteiger charge is 2.36. The fourth-order valence-corrected chi connectivity index (χ4v) is 2.58. The number of benzene rings is 2. The molecule has 0 spiro atoms.